The summed E-state index contributed by atoms with van der Waals surface area (Å²) in [6.45, 7) is 6.77. The van der Waals surface area contributed by atoms with Crippen molar-refractivity contribution in [3.63, 3.8) is 0 Å². The minimum Gasteiger partial charge on any atom is -0.355 e. The largest absolute Gasteiger partial charge is 0.355 e. The molecular formula is C12H21N3OS. The first-order valence-corrected chi connectivity index (χ1v) is 6.96. The van der Waals surface area contributed by atoms with E-state index in [1.54, 1.807) is 17.5 Å². The second kappa shape index (κ2) is 7.40. The van der Waals surface area contributed by atoms with Crippen molar-refractivity contribution in [1.29, 1.82) is 0 Å². The van der Waals surface area contributed by atoms with E-state index in [2.05, 4.69) is 22.5 Å². The van der Waals surface area contributed by atoms with Gasteiger partial charge in [0.1, 0.15) is 5.01 Å². The van der Waals surface area contributed by atoms with Gasteiger partial charge < -0.3 is 5.32 Å². The highest BCUT2D eigenvalue weighted by Crippen LogP contribution is 2.15. The number of nitrogens with zero attached hydrogens (tertiary/aromatic N) is 1. The molecule has 17 heavy (non-hydrogen) atoms. The van der Waals surface area contributed by atoms with E-state index < -0.39 is 0 Å². The van der Waals surface area contributed by atoms with E-state index in [4.69, 9.17) is 0 Å². The molecule has 2 unspecified atom stereocenters. The van der Waals surface area contributed by atoms with Gasteiger partial charge >= 0.3 is 0 Å². The normalized spacial score (nSPS) is 14.3. The van der Waals surface area contributed by atoms with E-state index in [0.29, 0.717) is 0 Å². The van der Waals surface area contributed by atoms with Crippen LogP contribution in [0.25, 0.3) is 0 Å². The number of unbranched alkanes of at least 4 members (excludes halogenated alkanes) is 1. The van der Waals surface area contributed by atoms with Crippen molar-refractivity contribution >= 4 is 17.2 Å². The molecule has 0 saturated carbocycles. The molecule has 0 aliphatic carbocycles. The lowest BCUT2D eigenvalue weighted by Crippen LogP contribution is -2.43. The molecule has 1 heterocycles. The molecule has 0 saturated heterocycles. The molecule has 0 aromatic carbocycles. The van der Waals surface area contributed by atoms with Crippen LogP contribution in [0.15, 0.2) is 11.6 Å². The van der Waals surface area contributed by atoms with Crippen LogP contribution in [-0.2, 0) is 4.79 Å². The Hall–Kier alpha value is -0.940. The first-order chi connectivity index (χ1) is 8.15. The Morgan fingerprint density at radius 2 is 2.29 bits per heavy atom. The zero-order valence-corrected chi connectivity index (χ0v) is 11.5. The van der Waals surface area contributed by atoms with Crippen molar-refractivity contribution in [3.05, 3.63) is 16.6 Å². The number of carbonyl (C=O) groups excluding carboxylic acids is 1. The minimum absolute atomic E-state index is 0.0573. The molecule has 0 spiro atoms. The molecule has 0 aliphatic rings. The van der Waals surface area contributed by atoms with Gasteiger partial charge in [-0.05, 0) is 20.3 Å². The van der Waals surface area contributed by atoms with Crippen molar-refractivity contribution in [2.75, 3.05) is 6.54 Å². The maximum atomic E-state index is 11.7. The van der Waals surface area contributed by atoms with Crippen LogP contribution in [0.5, 0.6) is 0 Å². The highest BCUT2D eigenvalue weighted by molar-refractivity contribution is 7.09. The minimum atomic E-state index is -0.189. The van der Waals surface area contributed by atoms with Gasteiger partial charge in [0.25, 0.3) is 0 Å². The fourth-order valence-electron chi connectivity index (χ4n) is 1.51. The van der Waals surface area contributed by atoms with Crippen LogP contribution >= 0.6 is 11.3 Å². The van der Waals surface area contributed by atoms with Gasteiger partial charge in [-0.15, -0.1) is 11.3 Å². The predicted octanol–water partition coefficient (Wildman–Crippen LogP) is 2.10. The van der Waals surface area contributed by atoms with Gasteiger partial charge in [-0.1, -0.05) is 13.3 Å². The topological polar surface area (TPSA) is 54.0 Å². The number of hydrogen-bond acceptors (Lipinski definition) is 4. The number of hydrogen-bond donors (Lipinski definition) is 2. The predicted molar refractivity (Wildman–Crippen MR) is 71.0 cm³/mol. The first kappa shape index (κ1) is 14.1. The lowest BCUT2D eigenvalue weighted by molar-refractivity contribution is -0.122. The molecule has 0 bridgehead atoms. The summed E-state index contributed by atoms with van der Waals surface area (Å²) in [4.78, 5) is 16.0. The molecule has 2 atom stereocenters. The SMILES string of the molecule is CCCCNC(=O)C(C)NC(C)c1nccs1. The van der Waals surface area contributed by atoms with Gasteiger partial charge in [0.2, 0.25) is 5.91 Å². The summed E-state index contributed by atoms with van der Waals surface area (Å²) in [5.74, 6) is 0.0573. The smallest absolute Gasteiger partial charge is 0.236 e. The monoisotopic (exact) mass is 255 g/mol. The van der Waals surface area contributed by atoms with Crippen LogP contribution in [0.3, 0.4) is 0 Å². The summed E-state index contributed by atoms with van der Waals surface area (Å²) in [6.07, 6.45) is 3.91. The molecule has 4 nitrogen and oxygen atoms in total. The molecule has 96 valence electrons. The van der Waals surface area contributed by atoms with Crippen LogP contribution in [-0.4, -0.2) is 23.5 Å². The van der Waals surface area contributed by atoms with Crippen LogP contribution in [0.1, 0.15) is 44.7 Å². The zero-order chi connectivity index (χ0) is 12.7. The van der Waals surface area contributed by atoms with E-state index in [9.17, 15) is 4.79 Å². The molecule has 1 aromatic rings. The molecule has 2 N–H and O–H groups in total. The second-order valence-electron chi connectivity index (χ2n) is 4.12. The molecule has 0 fully saturated rings. The number of aromatic nitrogens is 1. The summed E-state index contributed by atoms with van der Waals surface area (Å²) >= 11 is 1.60. The fraction of sp³-hybridized carbons (Fsp3) is 0.667. The zero-order valence-electron chi connectivity index (χ0n) is 10.7. The lowest BCUT2D eigenvalue weighted by Gasteiger charge is -2.18. The molecule has 1 amide bonds. The Balaban J connectivity index is 2.32. The molecule has 1 rings (SSSR count). The van der Waals surface area contributed by atoms with Crippen LogP contribution in [0.2, 0.25) is 0 Å². The molecule has 0 aliphatic heterocycles. The van der Waals surface area contributed by atoms with E-state index in [-0.39, 0.29) is 18.0 Å². The van der Waals surface area contributed by atoms with Crippen molar-refractivity contribution < 1.29 is 4.79 Å². The van der Waals surface area contributed by atoms with Crippen LogP contribution < -0.4 is 10.6 Å². The Labute approximate surface area is 107 Å². The van der Waals surface area contributed by atoms with Crippen LogP contribution in [0.4, 0.5) is 0 Å². The van der Waals surface area contributed by atoms with Gasteiger partial charge in [-0.3, -0.25) is 10.1 Å². The average molecular weight is 255 g/mol. The van der Waals surface area contributed by atoms with Crippen molar-refractivity contribution in [3.8, 4) is 0 Å². The highest BCUT2D eigenvalue weighted by Gasteiger charge is 2.16. The summed E-state index contributed by atoms with van der Waals surface area (Å²) in [6, 6.07) is -0.0762. The van der Waals surface area contributed by atoms with Gasteiger partial charge in [0.05, 0.1) is 12.1 Å². The van der Waals surface area contributed by atoms with Crippen molar-refractivity contribution in [1.82, 2.24) is 15.6 Å². The Kier molecular flexibility index (Phi) is 6.15. The van der Waals surface area contributed by atoms with E-state index in [0.717, 1.165) is 24.4 Å². The van der Waals surface area contributed by atoms with E-state index in [1.807, 2.05) is 19.2 Å². The molecule has 5 heteroatoms. The van der Waals surface area contributed by atoms with Gasteiger partial charge in [0.15, 0.2) is 0 Å². The summed E-state index contributed by atoms with van der Waals surface area (Å²) < 4.78 is 0. The van der Waals surface area contributed by atoms with Crippen LogP contribution in [0, 0.1) is 0 Å². The Morgan fingerprint density at radius 1 is 1.53 bits per heavy atom. The number of thiazole rings is 1. The number of nitrogens with one attached hydrogen (secondary N) is 2. The van der Waals surface area contributed by atoms with Crippen molar-refractivity contribution in [2.45, 2.75) is 45.7 Å². The maximum Gasteiger partial charge on any atom is 0.236 e. The molecule has 1 aromatic heterocycles. The first-order valence-electron chi connectivity index (χ1n) is 6.08. The average Bonchev–Trinajstić information content (AvgIpc) is 2.82. The fourth-order valence-corrected chi connectivity index (χ4v) is 2.17. The van der Waals surface area contributed by atoms with E-state index in [1.165, 1.54) is 0 Å². The Morgan fingerprint density at radius 3 is 2.88 bits per heavy atom. The third kappa shape index (κ3) is 4.83. The third-order valence-corrected chi connectivity index (χ3v) is 3.50. The van der Waals surface area contributed by atoms with Crippen molar-refractivity contribution in [2.24, 2.45) is 0 Å². The van der Waals surface area contributed by atoms with E-state index >= 15 is 0 Å². The second-order valence-corrected chi connectivity index (χ2v) is 5.05. The van der Waals surface area contributed by atoms with Gasteiger partial charge in [-0.2, -0.15) is 0 Å². The lowest BCUT2D eigenvalue weighted by atomic mass is 10.2. The maximum absolute atomic E-state index is 11.7. The standard InChI is InChI=1S/C12H21N3OS/c1-4-5-6-13-11(16)9(2)15-10(3)12-14-7-8-17-12/h7-10,15H,4-6H2,1-3H3,(H,13,16). The summed E-state index contributed by atoms with van der Waals surface area (Å²) in [5, 5.41) is 9.12. The Bertz CT molecular complexity index is 327. The highest BCUT2D eigenvalue weighted by atomic mass is 32.1. The quantitative estimate of drug-likeness (QED) is 0.734. The molecule has 0 radical (unpaired) electrons. The number of carbonyl (C=O) groups is 1. The summed E-state index contributed by atoms with van der Waals surface area (Å²) in [7, 11) is 0. The summed E-state index contributed by atoms with van der Waals surface area (Å²) in [5.41, 5.74) is 0. The third-order valence-electron chi connectivity index (χ3n) is 2.54. The number of amides is 1. The number of rotatable bonds is 7. The van der Waals surface area contributed by atoms with Gasteiger partial charge in [-0.25, -0.2) is 4.98 Å². The van der Waals surface area contributed by atoms with Gasteiger partial charge in [0, 0.05) is 18.1 Å². The molecular weight excluding hydrogens is 234 g/mol.